The Bertz CT molecular complexity index is 1270. The molecule has 4 rings (SSSR count). The van der Waals surface area contributed by atoms with E-state index in [0.29, 0.717) is 39.4 Å². The summed E-state index contributed by atoms with van der Waals surface area (Å²) in [5.74, 6) is 0.326. The molecule has 0 aliphatic rings. The van der Waals surface area contributed by atoms with Gasteiger partial charge in [-0.3, -0.25) is 9.59 Å². The van der Waals surface area contributed by atoms with Crippen LogP contribution in [0.5, 0.6) is 11.5 Å². The summed E-state index contributed by atoms with van der Waals surface area (Å²) >= 11 is 0. The van der Waals surface area contributed by atoms with E-state index in [4.69, 9.17) is 13.9 Å². The van der Waals surface area contributed by atoms with Crippen molar-refractivity contribution < 1.29 is 23.5 Å². The van der Waals surface area contributed by atoms with Crippen molar-refractivity contribution in [3.63, 3.8) is 0 Å². The standard InChI is InChI=1S/C25H22N2O5/c1-15-4-8-17(9-5-15)26-25(29)23-22(31-3)20-14-18(10-13-21(20)32-23)27-24(28)16-6-11-19(30-2)12-7-16/h4-14H,1-3H3,(H,26,29)(H,27,28). The molecule has 32 heavy (non-hydrogen) atoms. The van der Waals surface area contributed by atoms with E-state index in [0.717, 1.165) is 5.56 Å². The molecule has 1 heterocycles. The predicted octanol–water partition coefficient (Wildman–Crippen LogP) is 5.26. The number of aryl methyl sites for hydroxylation is 1. The van der Waals surface area contributed by atoms with Gasteiger partial charge in [0.2, 0.25) is 5.76 Å². The minimum absolute atomic E-state index is 0.0571. The lowest BCUT2D eigenvalue weighted by atomic mass is 10.1. The van der Waals surface area contributed by atoms with Gasteiger partial charge >= 0.3 is 0 Å². The van der Waals surface area contributed by atoms with Crippen LogP contribution in [-0.4, -0.2) is 26.0 Å². The maximum absolute atomic E-state index is 12.8. The van der Waals surface area contributed by atoms with Crippen molar-refractivity contribution in [2.24, 2.45) is 0 Å². The molecular formula is C25H22N2O5. The number of carbonyl (C=O) groups excluding carboxylic acids is 2. The second-order valence-electron chi connectivity index (χ2n) is 7.18. The lowest BCUT2D eigenvalue weighted by molar-refractivity contribution is 0.0992. The first-order chi connectivity index (χ1) is 15.5. The molecule has 0 atom stereocenters. The van der Waals surface area contributed by atoms with E-state index >= 15 is 0 Å². The van der Waals surface area contributed by atoms with Crippen LogP contribution in [0.15, 0.2) is 71.1 Å². The van der Waals surface area contributed by atoms with Crippen molar-refractivity contribution in [1.82, 2.24) is 0 Å². The molecule has 0 aliphatic carbocycles. The highest BCUT2D eigenvalue weighted by molar-refractivity contribution is 6.09. The zero-order valence-electron chi connectivity index (χ0n) is 17.9. The van der Waals surface area contributed by atoms with Crippen LogP contribution in [0.4, 0.5) is 11.4 Å². The van der Waals surface area contributed by atoms with Gasteiger partial charge in [0, 0.05) is 16.9 Å². The SMILES string of the molecule is COc1ccc(C(=O)Nc2ccc3oc(C(=O)Nc4ccc(C)cc4)c(OC)c3c2)cc1. The molecule has 2 N–H and O–H groups in total. The summed E-state index contributed by atoms with van der Waals surface area (Å²) in [6, 6.07) is 19.3. The van der Waals surface area contributed by atoms with Crippen molar-refractivity contribution in [2.75, 3.05) is 24.9 Å². The van der Waals surface area contributed by atoms with E-state index in [9.17, 15) is 9.59 Å². The Hall–Kier alpha value is -4.26. The van der Waals surface area contributed by atoms with Crippen LogP contribution in [0.3, 0.4) is 0 Å². The van der Waals surface area contributed by atoms with Crippen molar-refractivity contribution >= 4 is 34.2 Å². The molecule has 1 aromatic heterocycles. The third kappa shape index (κ3) is 4.27. The summed E-state index contributed by atoms with van der Waals surface area (Å²) in [6.45, 7) is 1.97. The highest BCUT2D eigenvalue weighted by Gasteiger charge is 2.22. The Morgan fingerprint density at radius 3 is 2.09 bits per heavy atom. The molecular weight excluding hydrogens is 408 g/mol. The first kappa shape index (κ1) is 21.0. The first-order valence-electron chi connectivity index (χ1n) is 9.92. The quantitative estimate of drug-likeness (QED) is 0.435. The molecule has 0 unspecified atom stereocenters. The van der Waals surface area contributed by atoms with E-state index in [1.54, 1.807) is 49.6 Å². The molecule has 0 fully saturated rings. The average molecular weight is 430 g/mol. The molecule has 2 amide bonds. The number of hydrogen-bond donors (Lipinski definition) is 2. The molecule has 0 radical (unpaired) electrons. The van der Waals surface area contributed by atoms with Crippen LogP contribution in [0.25, 0.3) is 11.0 Å². The largest absolute Gasteiger partial charge is 0.497 e. The fraction of sp³-hybridized carbons (Fsp3) is 0.120. The molecule has 7 nitrogen and oxygen atoms in total. The topological polar surface area (TPSA) is 89.8 Å². The van der Waals surface area contributed by atoms with Gasteiger partial charge in [-0.25, -0.2) is 0 Å². The van der Waals surface area contributed by atoms with E-state index in [1.807, 2.05) is 31.2 Å². The fourth-order valence-corrected chi connectivity index (χ4v) is 3.28. The van der Waals surface area contributed by atoms with Crippen molar-refractivity contribution in [3.05, 3.63) is 83.6 Å². The monoisotopic (exact) mass is 430 g/mol. The van der Waals surface area contributed by atoms with E-state index in [1.165, 1.54) is 7.11 Å². The van der Waals surface area contributed by atoms with Gasteiger partial charge in [0.25, 0.3) is 11.8 Å². The van der Waals surface area contributed by atoms with E-state index in [2.05, 4.69) is 10.6 Å². The second-order valence-corrected chi connectivity index (χ2v) is 7.18. The number of rotatable bonds is 6. The first-order valence-corrected chi connectivity index (χ1v) is 9.92. The van der Waals surface area contributed by atoms with E-state index in [-0.39, 0.29) is 11.7 Å². The summed E-state index contributed by atoms with van der Waals surface area (Å²) < 4.78 is 16.3. The minimum atomic E-state index is -0.425. The van der Waals surface area contributed by atoms with E-state index < -0.39 is 5.91 Å². The molecule has 0 saturated carbocycles. The number of fused-ring (bicyclic) bond motifs is 1. The van der Waals surface area contributed by atoms with Crippen molar-refractivity contribution in [3.8, 4) is 11.5 Å². The molecule has 0 aliphatic heterocycles. The number of anilines is 2. The number of ether oxygens (including phenoxy) is 2. The van der Waals surface area contributed by atoms with Gasteiger partial charge in [-0.2, -0.15) is 0 Å². The van der Waals surface area contributed by atoms with Crippen LogP contribution in [0.1, 0.15) is 26.5 Å². The van der Waals surface area contributed by atoms with Gasteiger partial charge in [-0.05, 0) is 61.5 Å². The Labute approximate surface area is 184 Å². The third-order valence-electron chi connectivity index (χ3n) is 4.97. The summed E-state index contributed by atoms with van der Waals surface area (Å²) in [4.78, 5) is 25.4. The highest BCUT2D eigenvalue weighted by atomic mass is 16.5. The number of hydrogen-bond acceptors (Lipinski definition) is 5. The van der Waals surface area contributed by atoms with Crippen LogP contribution in [-0.2, 0) is 0 Å². The van der Waals surface area contributed by atoms with Crippen LogP contribution in [0.2, 0.25) is 0 Å². The maximum Gasteiger partial charge on any atom is 0.295 e. The van der Waals surface area contributed by atoms with Gasteiger partial charge in [0.1, 0.15) is 11.3 Å². The van der Waals surface area contributed by atoms with Crippen molar-refractivity contribution in [1.29, 1.82) is 0 Å². The van der Waals surface area contributed by atoms with Gasteiger partial charge in [-0.15, -0.1) is 0 Å². The van der Waals surface area contributed by atoms with Crippen LogP contribution >= 0.6 is 0 Å². The molecule has 4 aromatic rings. The fourth-order valence-electron chi connectivity index (χ4n) is 3.28. The van der Waals surface area contributed by atoms with Gasteiger partial charge in [0.15, 0.2) is 5.75 Å². The molecule has 3 aromatic carbocycles. The summed E-state index contributed by atoms with van der Waals surface area (Å²) in [5.41, 5.74) is 3.24. The summed E-state index contributed by atoms with van der Waals surface area (Å²) in [6.07, 6.45) is 0. The highest BCUT2D eigenvalue weighted by Crippen LogP contribution is 2.35. The number of nitrogens with one attached hydrogen (secondary N) is 2. The van der Waals surface area contributed by atoms with Gasteiger partial charge in [0.05, 0.1) is 19.6 Å². The zero-order valence-corrected chi connectivity index (χ0v) is 17.9. The van der Waals surface area contributed by atoms with Crippen LogP contribution in [0, 0.1) is 6.92 Å². The third-order valence-corrected chi connectivity index (χ3v) is 4.97. The Morgan fingerprint density at radius 1 is 0.781 bits per heavy atom. The predicted molar refractivity (Wildman–Crippen MR) is 123 cm³/mol. The van der Waals surface area contributed by atoms with Gasteiger partial charge < -0.3 is 24.5 Å². The normalized spacial score (nSPS) is 10.6. The number of carbonyl (C=O) groups is 2. The molecule has 0 bridgehead atoms. The van der Waals surface area contributed by atoms with Crippen LogP contribution < -0.4 is 20.1 Å². The smallest absolute Gasteiger partial charge is 0.295 e. The number of benzene rings is 3. The Morgan fingerprint density at radius 2 is 1.44 bits per heavy atom. The molecule has 7 heteroatoms. The summed E-state index contributed by atoms with van der Waals surface area (Å²) in [5, 5.41) is 6.23. The zero-order chi connectivity index (χ0) is 22.7. The number of furan rings is 1. The maximum atomic E-state index is 12.8. The lowest BCUT2D eigenvalue weighted by Gasteiger charge is -2.07. The average Bonchev–Trinajstić information content (AvgIpc) is 3.18. The second kappa shape index (κ2) is 8.85. The molecule has 0 spiro atoms. The minimum Gasteiger partial charge on any atom is -0.497 e. The Kier molecular flexibility index (Phi) is 5.81. The lowest BCUT2D eigenvalue weighted by Crippen LogP contribution is -2.12. The van der Waals surface area contributed by atoms with Gasteiger partial charge in [-0.1, -0.05) is 17.7 Å². The van der Waals surface area contributed by atoms with Crippen molar-refractivity contribution in [2.45, 2.75) is 6.92 Å². The molecule has 162 valence electrons. The Balaban J connectivity index is 1.58. The number of methoxy groups -OCH3 is 2. The molecule has 0 saturated heterocycles. The summed E-state index contributed by atoms with van der Waals surface area (Å²) in [7, 11) is 3.04. The number of amides is 2.